The number of carbonyl (C=O) groups is 1. The molecule has 3 N–H and O–H groups in total. The molecule has 0 aliphatic carbocycles. The quantitative estimate of drug-likeness (QED) is 0.808. The van der Waals surface area contributed by atoms with Crippen LogP contribution in [0.15, 0.2) is 22.7 Å². The lowest BCUT2D eigenvalue weighted by atomic mass is 10.1. The molecule has 1 rings (SSSR count). The fourth-order valence-electron chi connectivity index (χ4n) is 1.97. The molecular weight excluding hydrogens is 308 g/mol. The van der Waals surface area contributed by atoms with Crippen molar-refractivity contribution in [3.05, 3.63) is 28.2 Å². The summed E-state index contributed by atoms with van der Waals surface area (Å²) in [6, 6.07) is 5.67. The van der Waals surface area contributed by atoms with E-state index in [0.29, 0.717) is 0 Å². The normalized spacial score (nSPS) is 12.2. The van der Waals surface area contributed by atoms with Gasteiger partial charge in [-0.1, -0.05) is 35.3 Å². The van der Waals surface area contributed by atoms with Crippen molar-refractivity contribution in [1.29, 1.82) is 0 Å². The van der Waals surface area contributed by atoms with Crippen LogP contribution in [0.2, 0.25) is 0 Å². The maximum absolute atomic E-state index is 11.2. The third-order valence-corrected chi connectivity index (χ3v) is 3.40. The summed E-state index contributed by atoms with van der Waals surface area (Å²) in [7, 11) is 0. The third-order valence-electron chi connectivity index (χ3n) is 2.91. The third kappa shape index (κ3) is 4.84. The Morgan fingerprint density at radius 2 is 2.21 bits per heavy atom. The van der Waals surface area contributed by atoms with Gasteiger partial charge in [0.15, 0.2) is 0 Å². The van der Waals surface area contributed by atoms with Crippen LogP contribution in [-0.2, 0) is 4.79 Å². The average molecular weight is 329 g/mol. The van der Waals surface area contributed by atoms with Crippen molar-refractivity contribution in [3.63, 3.8) is 0 Å². The number of aliphatic hydroxyl groups excluding tert-OH is 1. The second-order valence-electron chi connectivity index (χ2n) is 4.62. The van der Waals surface area contributed by atoms with E-state index in [1.165, 1.54) is 0 Å². The molecule has 1 aromatic rings. The molecule has 106 valence electrons. The number of aliphatic hydroxyl groups is 1. The number of primary amides is 1. The number of rotatable bonds is 7. The van der Waals surface area contributed by atoms with Gasteiger partial charge in [0.1, 0.15) is 0 Å². The monoisotopic (exact) mass is 328 g/mol. The molecule has 4 nitrogen and oxygen atoms in total. The average Bonchev–Trinajstić information content (AvgIpc) is 2.33. The number of unbranched alkanes of at least 4 members (excludes halogenated alkanes) is 1. The van der Waals surface area contributed by atoms with Crippen LogP contribution in [0.3, 0.4) is 0 Å². The molecule has 0 spiro atoms. The lowest BCUT2D eigenvalue weighted by Crippen LogP contribution is -2.35. The highest BCUT2D eigenvalue weighted by atomic mass is 79.9. The highest BCUT2D eigenvalue weighted by Gasteiger charge is 2.16. The summed E-state index contributed by atoms with van der Waals surface area (Å²) >= 11 is 3.42. The molecule has 0 aliphatic rings. The first kappa shape index (κ1) is 16.0. The molecular formula is C14H21BrN2O2. The predicted molar refractivity (Wildman–Crippen MR) is 81.1 cm³/mol. The Morgan fingerprint density at radius 3 is 2.74 bits per heavy atom. The zero-order valence-corrected chi connectivity index (χ0v) is 13.0. The minimum absolute atomic E-state index is 0.163. The van der Waals surface area contributed by atoms with Crippen LogP contribution < -0.4 is 10.6 Å². The van der Waals surface area contributed by atoms with E-state index >= 15 is 0 Å². The van der Waals surface area contributed by atoms with Gasteiger partial charge in [0.2, 0.25) is 5.91 Å². The number of nitrogens with zero attached hydrogens (tertiary/aromatic N) is 1. The van der Waals surface area contributed by atoms with Gasteiger partial charge in [0.25, 0.3) is 0 Å². The van der Waals surface area contributed by atoms with Crippen LogP contribution in [0.4, 0.5) is 5.69 Å². The smallest absolute Gasteiger partial charge is 0.236 e. The van der Waals surface area contributed by atoms with Crippen LogP contribution >= 0.6 is 15.9 Å². The fraction of sp³-hybridized carbons (Fsp3) is 0.500. The van der Waals surface area contributed by atoms with Gasteiger partial charge in [-0.05, 0) is 25.5 Å². The van der Waals surface area contributed by atoms with Gasteiger partial charge in [0.05, 0.1) is 12.6 Å². The van der Waals surface area contributed by atoms with E-state index in [-0.39, 0.29) is 12.5 Å². The predicted octanol–water partition coefficient (Wildman–Crippen LogP) is 2.59. The lowest BCUT2D eigenvalue weighted by Gasteiger charge is -2.27. The maximum Gasteiger partial charge on any atom is 0.236 e. The summed E-state index contributed by atoms with van der Waals surface area (Å²) in [5.41, 5.74) is 6.98. The summed E-state index contributed by atoms with van der Waals surface area (Å²) in [6.07, 6.45) is 1.42. The SMILES string of the molecule is CCCCN(CC(N)=O)c1cc(Br)ccc1C(C)O. The summed E-state index contributed by atoms with van der Waals surface area (Å²) in [5, 5.41) is 9.85. The Kier molecular flexibility index (Phi) is 6.31. The molecule has 0 radical (unpaired) electrons. The van der Waals surface area contributed by atoms with E-state index < -0.39 is 6.10 Å². The minimum Gasteiger partial charge on any atom is -0.389 e. The summed E-state index contributed by atoms with van der Waals surface area (Å²) in [6.45, 7) is 4.72. The lowest BCUT2D eigenvalue weighted by molar-refractivity contribution is -0.116. The Bertz CT molecular complexity index is 435. The van der Waals surface area contributed by atoms with Crippen LogP contribution in [0.5, 0.6) is 0 Å². The fourth-order valence-corrected chi connectivity index (χ4v) is 2.31. The number of hydrogen-bond donors (Lipinski definition) is 2. The van der Waals surface area contributed by atoms with E-state index in [1.807, 2.05) is 23.1 Å². The second-order valence-corrected chi connectivity index (χ2v) is 5.54. The first-order valence-corrected chi connectivity index (χ1v) is 7.25. The number of nitrogens with two attached hydrogens (primary N) is 1. The number of benzene rings is 1. The standard InChI is InChI=1S/C14H21BrN2O2/c1-3-4-7-17(9-14(16)19)13-8-11(15)5-6-12(13)10(2)18/h5-6,8,10,18H,3-4,7,9H2,1-2H3,(H2,16,19). The van der Waals surface area contributed by atoms with Crippen molar-refractivity contribution in [2.75, 3.05) is 18.0 Å². The van der Waals surface area contributed by atoms with Gasteiger partial charge in [-0.15, -0.1) is 0 Å². The Labute approximate surface area is 122 Å². The molecule has 0 saturated heterocycles. The van der Waals surface area contributed by atoms with Gasteiger partial charge in [-0.25, -0.2) is 0 Å². The van der Waals surface area contributed by atoms with Crippen LogP contribution in [-0.4, -0.2) is 24.1 Å². The second kappa shape index (κ2) is 7.50. The maximum atomic E-state index is 11.2. The van der Waals surface area contributed by atoms with E-state index in [0.717, 1.165) is 35.1 Å². The summed E-state index contributed by atoms with van der Waals surface area (Å²) in [5.74, 6) is -0.368. The Morgan fingerprint density at radius 1 is 1.53 bits per heavy atom. The van der Waals surface area contributed by atoms with E-state index in [4.69, 9.17) is 5.73 Å². The highest BCUT2D eigenvalue weighted by molar-refractivity contribution is 9.10. The zero-order valence-electron chi connectivity index (χ0n) is 11.4. The molecule has 0 fully saturated rings. The molecule has 1 amide bonds. The Hall–Kier alpha value is -1.07. The molecule has 0 aliphatic heterocycles. The van der Waals surface area contributed by atoms with Crippen molar-refractivity contribution in [2.24, 2.45) is 5.73 Å². The molecule has 1 unspecified atom stereocenters. The Balaban J connectivity index is 3.11. The largest absolute Gasteiger partial charge is 0.389 e. The molecule has 0 saturated carbocycles. The van der Waals surface area contributed by atoms with Crippen LogP contribution in [0, 0.1) is 0 Å². The zero-order chi connectivity index (χ0) is 14.4. The minimum atomic E-state index is -0.583. The van der Waals surface area contributed by atoms with Crippen molar-refractivity contribution in [2.45, 2.75) is 32.8 Å². The number of anilines is 1. The van der Waals surface area contributed by atoms with Crippen LogP contribution in [0.25, 0.3) is 0 Å². The van der Waals surface area contributed by atoms with Gasteiger partial charge >= 0.3 is 0 Å². The van der Waals surface area contributed by atoms with Crippen molar-refractivity contribution < 1.29 is 9.90 Å². The molecule has 0 bridgehead atoms. The van der Waals surface area contributed by atoms with Crippen molar-refractivity contribution >= 4 is 27.5 Å². The first-order chi connectivity index (χ1) is 8.95. The highest BCUT2D eigenvalue weighted by Crippen LogP contribution is 2.29. The topological polar surface area (TPSA) is 66.6 Å². The van der Waals surface area contributed by atoms with E-state index in [9.17, 15) is 9.90 Å². The summed E-state index contributed by atoms with van der Waals surface area (Å²) < 4.78 is 0.915. The first-order valence-electron chi connectivity index (χ1n) is 6.46. The van der Waals surface area contributed by atoms with Gasteiger partial charge in [-0.3, -0.25) is 4.79 Å². The molecule has 19 heavy (non-hydrogen) atoms. The molecule has 0 heterocycles. The summed E-state index contributed by atoms with van der Waals surface area (Å²) in [4.78, 5) is 13.1. The number of halogens is 1. The van der Waals surface area contributed by atoms with Gasteiger partial charge < -0.3 is 15.7 Å². The molecule has 5 heteroatoms. The van der Waals surface area contributed by atoms with Gasteiger partial charge in [0, 0.05) is 22.3 Å². The van der Waals surface area contributed by atoms with Gasteiger partial charge in [-0.2, -0.15) is 0 Å². The molecule has 1 aromatic carbocycles. The number of hydrogen-bond acceptors (Lipinski definition) is 3. The molecule has 1 atom stereocenters. The molecule has 0 aromatic heterocycles. The van der Waals surface area contributed by atoms with E-state index in [2.05, 4.69) is 22.9 Å². The van der Waals surface area contributed by atoms with Crippen molar-refractivity contribution in [1.82, 2.24) is 0 Å². The van der Waals surface area contributed by atoms with E-state index in [1.54, 1.807) is 6.92 Å². The number of carbonyl (C=O) groups excluding carboxylic acids is 1. The van der Waals surface area contributed by atoms with Crippen molar-refractivity contribution in [3.8, 4) is 0 Å². The van der Waals surface area contributed by atoms with Crippen LogP contribution in [0.1, 0.15) is 38.4 Å². The number of amides is 1.